The summed E-state index contributed by atoms with van der Waals surface area (Å²) in [6, 6.07) is 2.88. The van der Waals surface area contributed by atoms with E-state index in [-0.39, 0.29) is 12.3 Å². The highest BCUT2D eigenvalue weighted by Gasteiger charge is 2.15. The fourth-order valence-electron chi connectivity index (χ4n) is 1.21. The van der Waals surface area contributed by atoms with Crippen molar-refractivity contribution >= 4 is 11.9 Å². The topological polar surface area (TPSA) is 68.3 Å². The highest BCUT2D eigenvalue weighted by molar-refractivity contribution is 5.85. The lowest BCUT2D eigenvalue weighted by Gasteiger charge is -2.11. The predicted octanol–water partition coefficient (Wildman–Crippen LogP) is 0.302. The van der Waals surface area contributed by atoms with Crippen molar-refractivity contribution in [3.8, 4) is 0 Å². The lowest BCUT2D eigenvalue weighted by Crippen LogP contribution is -2.39. The summed E-state index contributed by atoms with van der Waals surface area (Å²) in [7, 11) is 1.29. The molecule has 1 atom stereocenters. The van der Waals surface area contributed by atoms with Crippen LogP contribution in [0.25, 0.3) is 0 Å². The fraction of sp³-hybridized carbons (Fsp3) is 0.364. The number of rotatable bonds is 4. The largest absolute Gasteiger partial charge is 0.467 e. The van der Waals surface area contributed by atoms with Gasteiger partial charge in [-0.1, -0.05) is 0 Å². The zero-order valence-electron chi connectivity index (χ0n) is 9.27. The van der Waals surface area contributed by atoms with Crippen molar-refractivity contribution in [2.24, 2.45) is 0 Å². The molecule has 1 rings (SSSR count). The maximum absolute atomic E-state index is 11.5. The molecule has 0 fully saturated rings. The lowest BCUT2D eigenvalue weighted by atomic mass is 10.2. The SMILES string of the molecule is COC(=O)C(C)NC(=O)Cc1ccncc1. The van der Waals surface area contributed by atoms with Crippen LogP contribution >= 0.6 is 0 Å². The second-order valence-electron chi connectivity index (χ2n) is 3.34. The molecule has 0 aromatic carbocycles. The molecule has 0 saturated carbocycles. The molecular formula is C11H14N2O3. The second-order valence-corrected chi connectivity index (χ2v) is 3.34. The Morgan fingerprint density at radius 3 is 2.62 bits per heavy atom. The average Bonchev–Trinajstić information content (AvgIpc) is 2.29. The Labute approximate surface area is 93.8 Å². The molecule has 0 spiro atoms. The molecule has 0 aliphatic heterocycles. The van der Waals surface area contributed by atoms with Gasteiger partial charge in [-0.05, 0) is 24.6 Å². The number of nitrogens with one attached hydrogen (secondary N) is 1. The third kappa shape index (κ3) is 3.68. The monoisotopic (exact) mass is 222 g/mol. The van der Waals surface area contributed by atoms with Crippen molar-refractivity contribution < 1.29 is 14.3 Å². The van der Waals surface area contributed by atoms with E-state index in [1.165, 1.54) is 7.11 Å². The van der Waals surface area contributed by atoms with E-state index in [2.05, 4.69) is 15.0 Å². The van der Waals surface area contributed by atoms with Gasteiger partial charge in [0, 0.05) is 12.4 Å². The van der Waals surface area contributed by atoms with Crippen LogP contribution in [0.4, 0.5) is 0 Å². The molecule has 1 aromatic rings. The number of carbonyl (C=O) groups is 2. The summed E-state index contributed by atoms with van der Waals surface area (Å²) in [5.41, 5.74) is 0.851. The minimum absolute atomic E-state index is 0.218. The third-order valence-corrected chi connectivity index (χ3v) is 2.05. The van der Waals surface area contributed by atoms with Crippen molar-refractivity contribution in [2.75, 3.05) is 7.11 Å². The van der Waals surface area contributed by atoms with Gasteiger partial charge in [0.1, 0.15) is 6.04 Å². The number of methoxy groups -OCH3 is 1. The highest BCUT2D eigenvalue weighted by Crippen LogP contribution is 1.98. The van der Waals surface area contributed by atoms with E-state index in [1.54, 1.807) is 31.5 Å². The number of hydrogen-bond acceptors (Lipinski definition) is 4. The number of carbonyl (C=O) groups excluding carboxylic acids is 2. The third-order valence-electron chi connectivity index (χ3n) is 2.05. The Bertz CT molecular complexity index is 365. The first kappa shape index (κ1) is 12.2. The Kier molecular flexibility index (Phi) is 4.44. The molecule has 0 bridgehead atoms. The number of pyridine rings is 1. The van der Waals surface area contributed by atoms with Crippen LogP contribution in [0.15, 0.2) is 24.5 Å². The van der Waals surface area contributed by atoms with Crippen LogP contribution in [0.3, 0.4) is 0 Å². The number of ether oxygens (including phenoxy) is 1. The fourth-order valence-corrected chi connectivity index (χ4v) is 1.21. The Balaban J connectivity index is 2.45. The lowest BCUT2D eigenvalue weighted by molar-refractivity contribution is -0.144. The molecule has 0 radical (unpaired) electrons. The van der Waals surface area contributed by atoms with Crippen LogP contribution in [0.5, 0.6) is 0 Å². The number of esters is 1. The molecule has 1 heterocycles. The van der Waals surface area contributed by atoms with Crippen molar-refractivity contribution in [2.45, 2.75) is 19.4 Å². The summed E-state index contributed by atoms with van der Waals surface area (Å²) in [5, 5.41) is 2.55. The van der Waals surface area contributed by atoms with Crippen molar-refractivity contribution in [1.82, 2.24) is 10.3 Å². The summed E-state index contributed by atoms with van der Waals surface area (Å²) in [6.45, 7) is 1.58. The molecule has 0 saturated heterocycles. The molecule has 16 heavy (non-hydrogen) atoms. The Morgan fingerprint density at radius 2 is 2.06 bits per heavy atom. The first-order chi connectivity index (χ1) is 7.63. The zero-order valence-corrected chi connectivity index (χ0v) is 9.27. The van der Waals surface area contributed by atoms with E-state index >= 15 is 0 Å². The standard InChI is InChI=1S/C11H14N2O3/c1-8(11(15)16-2)13-10(14)7-9-3-5-12-6-4-9/h3-6,8H,7H2,1-2H3,(H,13,14). The summed E-state index contributed by atoms with van der Waals surface area (Å²) in [4.78, 5) is 26.4. The molecule has 0 aliphatic rings. The number of amides is 1. The van der Waals surface area contributed by atoms with Gasteiger partial charge in [0.25, 0.3) is 0 Å². The minimum Gasteiger partial charge on any atom is -0.467 e. The van der Waals surface area contributed by atoms with Crippen molar-refractivity contribution in [3.05, 3.63) is 30.1 Å². The molecular weight excluding hydrogens is 208 g/mol. The first-order valence-corrected chi connectivity index (χ1v) is 4.89. The van der Waals surface area contributed by atoms with E-state index in [1.807, 2.05) is 0 Å². The Hall–Kier alpha value is -1.91. The van der Waals surface area contributed by atoms with Gasteiger partial charge >= 0.3 is 5.97 Å². The predicted molar refractivity (Wildman–Crippen MR) is 57.6 cm³/mol. The maximum Gasteiger partial charge on any atom is 0.328 e. The van der Waals surface area contributed by atoms with Gasteiger partial charge < -0.3 is 10.1 Å². The molecule has 1 amide bonds. The van der Waals surface area contributed by atoms with E-state index in [9.17, 15) is 9.59 Å². The van der Waals surface area contributed by atoms with Gasteiger partial charge in [-0.2, -0.15) is 0 Å². The van der Waals surface area contributed by atoms with Gasteiger partial charge in [0.2, 0.25) is 5.91 Å². The summed E-state index contributed by atoms with van der Waals surface area (Å²) in [5.74, 6) is -0.674. The molecule has 86 valence electrons. The molecule has 1 N–H and O–H groups in total. The van der Waals surface area contributed by atoms with E-state index in [4.69, 9.17) is 0 Å². The normalized spacial score (nSPS) is 11.6. The zero-order chi connectivity index (χ0) is 12.0. The summed E-state index contributed by atoms with van der Waals surface area (Å²) < 4.78 is 4.50. The summed E-state index contributed by atoms with van der Waals surface area (Å²) >= 11 is 0. The van der Waals surface area contributed by atoms with Crippen LogP contribution in [-0.4, -0.2) is 30.0 Å². The van der Waals surface area contributed by atoms with Crippen LogP contribution in [0.2, 0.25) is 0 Å². The van der Waals surface area contributed by atoms with Crippen LogP contribution in [-0.2, 0) is 20.7 Å². The van der Waals surface area contributed by atoms with Crippen LogP contribution < -0.4 is 5.32 Å². The highest BCUT2D eigenvalue weighted by atomic mass is 16.5. The smallest absolute Gasteiger partial charge is 0.328 e. The van der Waals surface area contributed by atoms with Crippen molar-refractivity contribution in [1.29, 1.82) is 0 Å². The minimum atomic E-state index is -0.626. The van der Waals surface area contributed by atoms with E-state index in [0.29, 0.717) is 0 Å². The van der Waals surface area contributed by atoms with E-state index < -0.39 is 12.0 Å². The quantitative estimate of drug-likeness (QED) is 0.744. The van der Waals surface area contributed by atoms with Gasteiger partial charge in [-0.25, -0.2) is 4.79 Å². The first-order valence-electron chi connectivity index (χ1n) is 4.89. The number of nitrogens with zero attached hydrogens (tertiary/aromatic N) is 1. The van der Waals surface area contributed by atoms with Crippen LogP contribution in [0.1, 0.15) is 12.5 Å². The molecule has 5 heteroatoms. The molecule has 1 unspecified atom stereocenters. The van der Waals surface area contributed by atoms with Gasteiger partial charge in [0.05, 0.1) is 13.5 Å². The van der Waals surface area contributed by atoms with Crippen molar-refractivity contribution in [3.63, 3.8) is 0 Å². The second kappa shape index (κ2) is 5.85. The van der Waals surface area contributed by atoms with Crippen LogP contribution in [0, 0.1) is 0 Å². The van der Waals surface area contributed by atoms with Gasteiger partial charge in [-0.15, -0.1) is 0 Å². The molecule has 0 aliphatic carbocycles. The number of aromatic nitrogens is 1. The average molecular weight is 222 g/mol. The Morgan fingerprint density at radius 1 is 1.44 bits per heavy atom. The van der Waals surface area contributed by atoms with Gasteiger partial charge in [0.15, 0.2) is 0 Å². The summed E-state index contributed by atoms with van der Waals surface area (Å²) in [6.07, 6.45) is 3.46. The maximum atomic E-state index is 11.5. The van der Waals surface area contributed by atoms with E-state index in [0.717, 1.165) is 5.56 Å². The van der Waals surface area contributed by atoms with Gasteiger partial charge in [-0.3, -0.25) is 9.78 Å². The molecule has 5 nitrogen and oxygen atoms in total. The molecule has 1 aromatic heterocycles. The number of hydrogen-bond donors (Lipinski definition) is 1.